The maximum atomic E-state index is 5.44. The highest BCUT2D eigenvalue weighted by molar-refractivity contribution is 4.97. The number of aromatic nitrogens is 2. The number of hydrogen-bond acceptors (Lipinski definition) is 5. The van der Waals surface area contributed by atoms with Crippen molar-refractivity contribution in [2.75, 3.05) is 13.1 Å². The van der Waals surface area contributed by atoms with Crippen LogP contribution >= 0.6 is 0 Å². The van der Waals surface area contributed by atoms with Gasteiger partial charge >= 0.3 is 0 Å². The van der Waals surface area contributed by atoms with Gasteiger partial charge < -0.3 is 10.3 Å². The van der Waals surface area contributed by atoms with E-state index in [0.717, 1.165) is 12.4 Å². The molecule has 1 saturated carbocycles. The largest absolute Gasteiger partial charge is 0.338 e. The molecule has 2 N–H and O–H groups in total. The molecule has 1 saturated heterocycles. The van der Waals surface area contributed by atoms with Gasteiger partial charge in [0.1, 0.15) is 0 Å². The Morgan fingerprint density at radius 3 is 2.81 bits per heavy atom. The number of nitrogens with two attached hydrogens (primary N) is 1. The Labute approximate surface area is 95.0 Å². The molecule has 1 aliphatic carbocycles. The minimum atomic E-state index is 0.330. The maximum absolute atomic E-state index is 5.44. The van der Waals surface area contributed by atoms with Crippen LogP contribution in [0.5, 0.6) is 0 Å². The Morgan fingerprint density at radius 2 is 2.25 bits per heavy atom. The molecule has 5 nitrogen and oxygen atoms in total. The molecule has 5 heteroatoms. The van der Waals surface area contributed by atoms with Crippen molar-refractivity contribution in [3.8, 4) is 0 Å². The third-order valence-electron chi connectivity index (χ3n) is 3.98. The highest BCUT2D eigenvalue weighted by Crippen LogP contribution is 2.48. The second-order valence-corrected chi connectivity index (χ2v) is 5.12. The number of likely N-dealkylation sites (tertiary alicyclic amines) is 1. The van der Waals surface area contributed by atoms with Crippen molar-refractivity contribution in [2.24, 2.45) is 11.1 Å². The first-order chi connectivity index (χ1) is 7.80. The van der Waals surface area contributed by atoms with Gasteiger partial charge in [-0.15, -0.1) is 0 Å². The van der Waals surface area contributed by atoms with E-state index in [0.29, 0.717) is 17.9 Å². The first kappa shape index (κ1) is 10.2. The van der Waals surface area contributed by atoms with Gasteiger partial charge in [-0.05, 0) is 31.2 Å². The zero-order chi connectivity index (χ0) is 11.0. The van der Waals surface area contributed by atoms with Crippen molar-refractivity contribution in [1.29, 1.82) is 0 Å². The van der Waals surface area contributed by atoms with E-state index in [9.17, 15) is 0 Å². The average Bonchev–Trinajstić information content (AvgIpc) is 2.84. The van der Waals surface area contributed by atoms with Crippen LogP contribution in [-0.2, 0) is 13.1 Å². The van der Waals surface area contributed by atoms with Gasteiger partial charge in [-0.3, -0.25) is 4.90 Å². The van der Waals surface area contributed by atoms with E-state index >= 15 is 0 Å². The third kappa shape index (κ3) is 1.74. The van der Waals surface area contributed by atoms with Crippen molar-refractivity contribution in [2.45, 2.75) is 38.8 Å². The highest BCUT2D eigenvalue weighted by atomic mass is 16.5. The van der Waals surface area contributed by atoms with E-state index in [-0.39, 0.29) is 0 Å². The standard InChI is InChI=1S/C11H18N4O/c12-6-10-13-9(14-16-10)7-15-5-4-11(8-15)2-1-3-11/h1-8,12H2. The number of hydrogen-bond donors (Lipinski definition) is 1. The zero-order valence-corrected chi connectivity index (χ0v) is 9.48. The molecule has 1 spiro atoms. The van der Waals surface area contributed by atoms with Crippen LogP contribution in [0.1, 0.15) is 37.4 Å². The van der Waals surface area contributed by atoms with Gasteiger partial charge in [0.05, 0.1) is 13.1 Å². The van der Waals surface area contributed by atoms with Crippen molar-refractivity contribution >= 4 is 0 Å². The monoisotopic (exact) mass is 222 g/mol. The molecule has 1 aliphatic heterocycles. The van der Waals surface area contributed by atoms with Gasteiger partial charge in [0.2, 0.25) is 5.89 Å². The topological polar surface area (TPSA) is 68.2 Å². The minimum absolute atomic E-state index is 0.330. The van der Waals surface area contributed by atoms with Crippen LogP contribution < -0.4 is 5.73 Å². The summed E-state index contributed by atoms with van der Waals surface area (Å²) in [6, 6.07) is 0. The first-order valence-electron chi connectivity index (χ1n) is 6.04. The first-order valence-corrected chi connectivity index (χ1v) is 6.04. The predicted octanol–water partition coefficient (Wildman–Crippen LogP) is 0.904. The lowest BCUT2D eigenvalue weighted by atomic mass is 9.68. The minimum Gasteiger partial charge on any atom is -0.338 e. The Hall–Kier alpha value is -0.940. The lowest BCUT2D eigenvalue weighted by molar-refractivity contribution is 0.136. The fourth-order valence-electron chi connectivity index (χ4n) is 2.88. The summed E-state index contributed by atoms with van der Waals surface area (Å²) in [6.45, 7) is 3.52. The molecular formula is C11H18N4O. The molecule has 0 unspecified atom stereocenters. The molecule has 2 fully saturated rings. The summed E-state index contributed by atoms with van der Waals surface area (Å²) in [7, 11) is 0. The van der Waals surface area contributed by atoms with Crippen molar-refractivity contribution in [3.05, 3.63) is 11.7 Å². The van der Waals surface area contributed by atoms with Crippen LogP contribution in [-0.4, -0.2) is 28.1 Å². The van der Waals surface area contributed by atoms with E-state index in [4.69, 9.17) is 10.3 Å². The smallest absolute Gasteiger partial charge is 0.240 e. The quantitative estimate of drug-likeness (QED) is 0.823. The second kappa shape index (κ2) is 3.82. The van der Waals surface area contributed by atoms with Crippen molar-refractivity contribution < 1.29 is 4.52 Å². The predicted molar refractivity (Wildman–Crippen MR) is 58.4 cm³/mol. The van der Waals surface area contributed by atoms with Gasteiger partial charge in [-0.25, -0.2) is 0 Å². The molecule has 0 atom stereocenters. The van der Waals surface area contributed by atoms with Crippen LogP contribution in [0.25, 0.3) is 0 Å². The Bertz CT molecular complexity index is 372. The SMILES string of the molecule is NCc1nc(CN2CCC3(CCC3)C2)no1. The molecule has 88 valence electrons. The summed E-state index contributed by atoms with van der Waals surface area (Å²) in [5.41, 5.74) is 6.07. The van der Waals surface area contributed by atoms with Crippen LogP contribution in [0, 0.1) is 5.41 Å². The van der Waals surface area contributed by atoms with E-state index in [2.05, 4.69) is 15.0 Å². The average molecular weight is 222 g/mol. The molecule has 3 rings (SSSR count). The highest BCUT2D eigenvalue weighted by Gasteiger charge is 2.42. The van der Waals surface area contributed by atoms with Crippen LogP contribution in [0.2, 0.25) is 0 Å². The zero-order valence-electron chi connectivity index (χ0n) is 9.48. The summed E-state index contributed by atoms with van der Waals surface area (Å²) < 4.78 is 5.00. The van der Waals surface area contributed by atoms with Crippen LogP contribution in [0.4, 0.5) is 0 Å². The molecule has 1 aromatic heterocycles. The van der Waals surface area contributed by atoms with E-state index in [1.165, 1.54) is 38.8 Å². The summed E-state index contributed by atoms with van der Waals surface area (Å²) in [5.74, 6) is 1.31. The van der Waals surface area contributed by atoms with E-state index in [1.807, 2.05) is 0 Å². The molecular weight excluding hydrogens is 204 g/mol. The van der Waals surface area contributed by atoms with Crippen LogP contribution in [0.3, 0.4) is 0 Å². The fraction of sp³-hybridized carbons (Fsp3) is 0.818. The van der Waals surface area contributed by atoms with Gasteiger partial charge in [0, 0.05) is 6.54 Å². The Balaban J connectivity index is 1.59. The molecule has 0 radical (unpaired) electrons. The van der Waals surface area contributed by atoms with Gasteiger partial charge in [-0.1, -0.05) is 11.6 Å². The lowest BCUT2D eigenvalue weighted by Gasteiger charge is -2.38. The Kier molecular flexibility index (Phi) is 2.44. The molecule has 1 aromatic rings. The van der Waals surface area contributed by atoms with Crippen molar-refractivity contribution in [1.82, 2.24) is 15.0 Å². The summed E-state index contributed by atoms with van der Waals surface area (Å²) in [4.78, 5) is 6.67. The van der Waals surface area contributed by atoms with E-state index < -0.39 is 0 Å². The lowest BCUT2D eigenvalue weighted by Crippen LogP contribution is -2.33. The molecule has 16 heavy (non-hydrogen) atoms. The second-order valence-electron chi connectivity index (χ2n) is 5.12. The van der Waals surface area contributed by atoms with Gasteiger partial charge in [0.25, 0.3) is 0 Å². The summed E-state index contributed by atoms with van der Waals surface area (Å²) in [5, 5.41) is 3.93. The third-order valence-corrected chi connectivity index (χ3v) is 3.98. The summed E-state index contributed by atoms with van der Waals surface area (Å²) >= 11 is 0. The van der Waals surface area contributed by atoms with Crippen LogP contribution in [0.15, 0.2) is 4.52 Å². The Morgan fingerprint density at radius 1 is 1.38 bits per heavy atom. The van der Waals surface area contributed by atoms with E-state index in [1.54, 1.807) is 0 Å². The van der Waals surface area contributed by atoms with Crippen molar-refractivity contribution in [3.63, 3.8) is 0 Å². The number of nitrogens with zero attached hydrogens (tertiary/aromatic N) is 3. The fourth-order valence-corrected chi connectivity index (χ4v) is 2.88. The molecule has 0 amide bonds. The molecule has 0 aromatic carbocycles. The van der Waals surface area contributed by atoms with Gasteiger partial charge in [-0.2, -0.15) is 4.98 Å². The maximum Gasteiger partial charge on any atom is 0.240 e. The van der Waals surface area contributed by atoms with Gasteiger partial charge in [0.15, 0.2) is 5.82 Å². The normalized spacial score (nSPS) is 23.8. The number of rotatable bonds is 3. The molecule has 2 aliphatic rings. The molecule has 2 heterocycles. The molecule has 0 bridgehead atoms. The summed E-state index contributed by atoms with van der Waals surface area (Å²) in [6.07, 6.45) is 5.57.